The summed E-state index contributed by atoms with van der Waals surface area (Å²) in [7, 11) is 0. The number of amides is 4. The van der Waals surface area contributed by atoms with Gasteiger partial charge < -0.3 is 19.3 Å². The quantitative estimate of drug-likeness (QED) is 0.112. The maximum absolute atomic E-state index is 12.9. The molecule has 0 bridgehead atoms. The molecule has 43 heavy (non-hydrogen) atoms. The van der Waals surface area contributed by atoms with E-state index in [0.29, 0.717) is 51.1 Å². The van der Waals surface area contributed by atoms with Crippen LogP contribution >= 0.6 is 0 Å². The number of carbonyl (C=O) groups excluding carboxylic acids is 4. The Morgan fingerprint density at radius 1 is 1.16 bits per heavy atom. The largest absolute Gasteiger partial charge is 0.444 e. The standard InChI is InChI=1S/C31H40N6O6/c1-31(2,3)43-30(41)36(24-11-9-23(10-12-24)34-35-32)16-6-18-42-17-5-4-7-21-8-13-25-22(19-21)20-37(29(25)40)26-14-15-27(38)33-28(26)39/h8,13,19,23-24,26H,5-6,9-12,14-18,20H2,1-3H3,(H,33,38,39)/t23-,24+,26?. The zero-order valence-corrected chi connectivity index (χ0v) is 25.1. The lowest BCUT2D eigenvalue weighted by molar-refractivity contribution is -0.136. The number of nitrogens with zero attached hydrogens (tertiary/aromatic N) is 5. The summed E-state index contributed by atoms with van der Waals surface area (Å²) < 4.78 is 11.4. The van der Waals surface area contributed by atoms with Gasteiger partial charge in [0.2, 0.25) is 11.8 Å². The fourth-order valence-electron chi connectivity index (χ4n) is 5.68. The molecule has 12 nitrogen and oxygen atoms in total. The molecule has 0 spiro atoms. The highest BCUT2D eigenvalue weighted by Crippen LogP contribution is 2.29. The average Bonchev–Trinajstić information content (AvgIpc) is 3.27. The van der Waals surface area contributed by atoms with Crippen LogP contribution in [0.5, 0.6) is 0 Å². The van der Waals surface area contributed by atoms with E-state index in [1.807, 2.05) is 26.8 Å². The molecule has 1 saturated carbocycles. The number of nitrogens with one attached hydrogen (secondary N) is 1. The van der Waals surface area contributed by atoms with Crippen LogP contribution in [0.1, 0.15) is 93.6 Å². The van der Waals surface area contributed by atoms with Gasteiger partial charge in [-0.2, -0.15) is 0 Å². The fraction of sp³-hybridized carbons (Fsp3) is 0.613. The van der Waals surface area contributed by atoms with E-state index < -0.39 is 17.6 Å². The van der Waals surface area contributed by atoms with Crippen LogP contribution in [-0.4, -0.2) is 77.1 Å². The van der Waals surface area contributed by atoms with E-state index in [1.165, 1.54) is 4.90 Å². The van der Waals surface area contributed by atoms with Crippen molar-refractivity contribution in [1.29, 1.82) is 0 Å². The fourth-order valence-corrected chi connectivity index (χ4v) is 5.68. The van der Waals surface area contributed by atoms with Crippen LogP contribution in [0.3, 0.4) is 0 Å². The Labute approximate surface area is 252 Å². The molecule has 12 heteroatoms. The Kier molecular flexibility index (Phi) is 10.7. The van der Waals surface area contributed by atoms with Crippen LogP contribution in [0.15, 0.2) is 23.3 Å². The molecule has 1 N–H and O–H groups in total. The van der Waals surface area contributed by atoms with Crippen molar-refractivity contribution in [3.8, 4) is 11.8 Å². The molecule has 0 radical (unpaired) electrons. The summed E-state index contributed by atoms with van der Waals surface area (Å²) in [5, 5.41) is 6.15. The van der Waals surface area contributed by atoms with Gasteiger partial charge in [0, 0.05) is 60.7 Å². The van der Waals surface area contributed by atoms with E-state index in [4.69, 9.17) is 15.0 Å². The summed E-state index contributed by atoms with van der Waals surface area (Å²) in [5.74, 6) is 5.28. The zero-order valence-electron chi connectivity index (χ0n) is 25.1. The van der Waals surface area contributed by atoms with E-state index in [9.17, 15) is 19.2 Å². The Bertz CT molecular complexity index is 1330. The molecule has 2 aliphatic heterocycles. The number of ether oxygens (including phenoxy) is 2. The zero-order chi connectivity index (χ0) is 31.0. The molecule has 3 aliphatic rings. The van der Waals surface area contributed by atoms with Crippen molar-refractivity contribution in [2.24, 2.45) is 5.11 Å². The number of benzene rings is 1. The Balaban J connectivity index is 1.21. The van der Waals surface area contributed by atoms with Crippen molar-refractivity contribution >= 4 is 23.8 Å². The van der Waals surface area contributed by atoms with Gasteiger partial charge in [-0.15, -0.1) is 0 Å². The second kappa shape index (κ2) is 14.4. The summed E-state index contributed by atoms with van der Waals surface area (Å²) in [4.78, 5) is 55.7. The van der Waals surface area contributed by atoms with Gasteiger partial charge in [-0.3, -0.25) is 19.7 Å². The van der Waals surface area contributed by atoms with Gasteiger partial charge in [-0.25, -0.2) is 4.79 Å². The number of hydrogen-bond acceptors (Lipinski definition) is 7. The third-order valence-corrected chi connectivity index (χ3v) is 7.77. The van der Waals surface area contributed by atoms with E-state index in [0.717, 1.165) is 36.8 Å². The number of azide groups is 1. The van der Waals surface area contributed by atoms with Crippen molar-refractivity contribution in [3.05, 3.63) is 45.3 Å². The summed E-state index contributed by atoms with van der Waals surface area (Å²) in [6, 6.07) is 4.80. The molecule has 2 fully saturated rings. The first-order valence-electron chi connectivity index (χ1n) is 14.9. The Hall–Kier alpha value is -4.07. The monoisotopic (exact) mass is 592 g/mol. The van der Waals surface area contributed by atoms with E-state index in [-0.39, 0.29) is 36.4 Å². The molecule has 1 unspecified atom stereocenters. The number of hydrogen-bond donors (Lipinski definition) is 1. The first kappa shape index (κ1) is 31.9. The van der Waals surface area contributed by atoms with Crippen LogP contribution in [-0.2, 0) is 25.6 Å². The van der Waals surface area contributed by atoms with Gasteiger partial charge in [-0.05, 0) is 88.6 Å². The molecule has 0 aromatic heterocycles. The van der Waals surface area contributed by atoms with Crippen LogP contribution in [0.25, 0.3) is 10.4 Å². The van der Waals surface area contributed by atoms with Gasteiger partial charge in [0.1, 0.15) is 11.6 Å². The van der Waals surface area contributed by atoms with Gasteiger partial charge >= 0.3 is 6.09 Å². The summed E-state index contributed by atoms with van der Waals surface area (Å²) >= 11 is 0. The molecule has 1 aromatic rings. The van der Waals surface area contributed by atoms with Gasteiger partial charge in [0.15, 0.2) is 0 Å². The van der Waals surface area contributed by atoms with Crippen molar-refractivity contribution in [1.82, 2.24) is 15.1 Å². The van der Waals surface area contributed by atoms with Crippen molar-refractivity contribution in [3.63, 3.8) is 0 Å². The third kappa shape index (κ3) is 8.72. The lowest BCUT2D eigenvalue weighted by Crippen LogP contribution is -2.52. The minimum atomic E-state index is -0.639. The predicted molar refractivity (Wildman–Crippen MR) is 158 cm³/mol. The number of rotatable bonds is 9. The SMILES string of the molecule is CC(C)(C)OC(=O)N(CCCOCCC#Cc1ccc2c(c1)CN(C1CCC(=O)NC1=O)C2=O)[C@H]1CC[C@@H](N=[N+]=[N-])CC1. The second-order valence-electron chi connectivity index (χ2n) is 12.1. The lowest BCUT2D eigenvalue weighted by atomic mass is 9.90. The molecule has 1 saturated heterocycles. The van der Waals surface area contributed by atoms with Crippen molar-refractivity contribution in [2.45, 2.75) is 102 Å². The molecular formula is C31H40N6O6. The number of fused-ring (bicyclic) bond motifs is 1. The maximum Gasteiger partial charge on any atom is 0.410 e. The van der Waals surface area contributed by atoms with E-state index >= 15 is 0 Å². The van der Waals surface area contributed by atoms with Crippen LogP contribution < -0.4 is 5.32 Å². The minimum Gasteiger partial charge on any atom is -0.444 e. The second-order valence-corrected chi connectivity index (χ2v) is 12.1. The number of piperidine rings is 1. The number of imide groups is 1. The van der Waals surface area contributed by atoms with Crippen LogP contribution in [0.2, 0.25) is 0 Å². The normalized spacial score (nSPS) is 21.7. The lowest BCUT2D eigenvalue weighted by Gasteiger charge is -2.37. The minimum absolute atomic E-state index is 0.0157. The van der Waals surface area contributed by atoms with Crippen LogP contribution in [0.4, 0.5) is 4.79 Å². The molecule has 1 atom stereocenters. The molecule has 4 rings (SSSR count). The first-order valence-corrected chi connectivity index (χ1v) is 14.9. The molecule has 1 aromatic carbocycles. The molecule has 230 valence electrons. The summed E-state index contributed by atoms with van der Waals surface area (Å²) in [6.07, 6.45) is 4.44. The maximum atomic E-state index is 12.9. The topological polar surface area (TPSA) is 154 Å². The smallest absolute Gasteiger partial charge is 0.410 e. The van der Waals surface area contributed by atoms with Gasteiger partial charge in [0.25, 0.3) is 5.91 Å². The highest BCUT2D eigenvalue weighted by atomic mass is 16.6. The van der Waals surface area contributed by atoms with Gasteiger partial charge in [-0.1, -0.05) is 17.0 Å². The average molecular weight is 593 g/mol. The molecule has 1 aliphatic carbocycles. The third-order valence-electron chi connectivity index (χ3n) is 7.77. The summed E-state index contributed by atoms with van der Waals surface area (Å²) in [6.45, 7) is 7.31. The van der Waals surface area contributed by atoms with Crippen LogP contribution in [0, 0.1) is 11.8 Å². The van der Waals surface area contributed by atoms with Crippen molar-refractivity contribution in [2.75, 3.05) is 19.8 Å². The Morgan fingerprint density at radius 3 is 2.63 bits per heavy atom. The first-order chi connectivity index (χ1) is 20.6. The highest BCUT2D eigenvalue weighted by molar-refractivity contribution is 6.05. The molecular weight excluding hydrogens is 552 g/mol. The van der Waals surface area contributed by atoms with E-state index in [1.54, 1.807) is 17.0 Å². The predicted octanol–water partition coefficient (Wildman–Crippen LogP) is 4.45. The highest BCUT2D eigenvalue weighted by Gasteiger charge is 2.39. The molecule has 4 amide bonds. The van der Waals surface area contributed by atoms with E-state index in [2.05, 4.69) is 27.2 Å². The number of carbonyl (C=O) groups is 4. The van der Waals surface area contributed by atoms with Gasteiger partial charge in [0.05, 0.1) is 6.61 Å². The Morgan fingerprint density at radius 2 is 1.93 bits per heavy atom. The molecule has 2 heterocycles. The van der Waals surface area contributed by atoms with Crippen molar-refractivity contribution < 1.29 is 28.7 Å². The summed E-state index contributed by atoms with van der Waals surface area (Å²) in [5.41, 5.74) is 10.3.